The number of unbranched alkanes of at least 4 members (excludes halogenated alkanes) is 1. The van der Waals surface area contributed by atoms with E-state index in [1.165, 1.54) is 10.9 Å². The second-order valence-electron chi connectivity index (χ2n) is 5.06. The number of halogens is 1. The number of amides is 1. The van der Waals surface area contributed by atoms with Crippen LogP contribution in [-0.2, 0) is 6.42 Å². The van der Waals surface area contributed by atoms with Gasteiger partial charge >= 0.3 is 0 Å². The molecular formula is C15H17BrN2O. The molecule has 4 heteroatoms. The second kappa shape index (κ2) is 5.00. The van der Waals surface area contributed by atoms with Crippen LogP contribution in [0, 0.1) is 0 Å². The van der Waals surface area contributed by atoms with Crippen LogP contribution < -0.4 is 0 Å². The summed E-state index contributed by atoms with van der Waals surface area (Å²) >= 11 is 3.50. The van der Waals surface area contributed by atoms with Gasteiger partial charge in [-0.2, -0.15) is 0 Å². The first-order chi connectivity index (χ1) is 9.20. The van der Waals surface area contributed by atoms with E-state index >= 15 is 0 Å². The minimum atomic E-state index is 0.155. The smallest absolute Gasteiger partial charge is 0.270 e. The summed E-state index contributed by atoms with van der Waals surface area (Å²) in [6.07, 6.45) is 3.14. The molecule has 2 heterocycles. The molecule has 0 bridgehead atoms. The third-order valence-corrected chi connectivity index (χ3v) is 4.28. The highest BCUT2D eigenvalue weighted by atomic mass is 79.9. The first-order valence-corrected chi connectivity index (χ1v) is 7.59. The molecule has 0 aliphatic carbocycles. The molecule has 0 atom stereocenters. The summed E-state index contributed by atoms with van der Waals surface area (Å²) in [6, 6.07) is 6.13. The Morgan fingerprint density at radius 2 is 2.26 bits per heavy atom. The van der Waals surface area contributed by atoms with E-state index in [0.29, 0.717) is 0 Å². The highest BCUT2D eigenvalue weighted by Gasteiger charge is 2.27. The molecular weight excluding hydrogens is 304 g/mol. The number of aromatic nitrogens is 1. The molecule has 1 aromatic heterocycles. The van der Waals surface area contributed by atoms with E-state index in [-0.39, 0.29) is 5.91 Å². The van der Waals surface area contributed by atoms with Gasteiger partial charge in [0, 0.05) is 28.5 Å². The molecule has 1 aliphatic heterocycles. The van der Waals surface area contributed by atoms with Gasteiger partial charge < -0.3 is 9.88 Å². The topological polar surface area (TPSA) is 36.1 Å². The molecule has 3 rings (SSSR count). The lowest BCUT2D eigenvalue weighted by atomic mass is 10.0. The number of H-pyrrole nitrogens is 1. The molecule has 19 heavy (non-hydrogen) atoms. The Labute approximate surface area is 121 Å². The number of benzene rings is 1. The third kappa shape index (κ3) is 2.18. The van der Waals surface area contributed by atoms with Gasteiger partial charge in [0.25, 0.3) is 5.91 Å². The normalized spacial score (nSPS) is 15.1. The summed E-state index contributed by atoms with van der Waals surface area (Å²) in [5.41, 5.74) is 3.02. The molecule has 0 spiro atoms. The number of fused-ring (bicyclic) bond motifs is 3. The van der Waals surface area contributed by atoms with Crippen molar-refractivity contribution >= 4 is 32.7 Å². The minimum absolute atomic E-state index is 0.155. The standard InChI is InChI=1S/C15H17BrN2O/c1-2-3-7-18-8-6-11-12-9-10(16)4-5-13(12)17-14(11)15(18)19/h4-5,9,17H,2-3,6-8H2,1H3. The zero-order valence-electron chi connectivity index (χ0n) is 11.0. The molecule has 100 valence electrons. The average molecular weight is 321 g/mol. The predicted octanol–water partition coefficient (Wildman–Crippen LogP) is 3.73. The van der Waals surface area contributed by atoms with Gasteiger partial charge in [0.15, 0.2) is 0 Å². The summed E-state index contributed by atoms with van der Waals surface area (Å²) in [5.74, 6) is 0.155. The number of aromatic amines is 1. The summed E-state index contributed by atoms with van der Waals surface area (Å²) in [5, 5.41) is 1.17. The van der Waals surface area contributed by atoms with Gasteiger partial charge in [0.1, 0.15) is 5.69 Å². The van der Waals surface area contributed by atoms with Gasteiger partial charge in [-0.25, -0.2) is 0 Å². The van der Waals surface area contributed by atoms with Crippen molar-refractivity contribution in [1.29, 1.82) is 0 Å². The third-order valence-electron chi connectivity index (χ3n) is 3.78. The van der Waals surface area contributed by atoms with Crippen LogP contribution >= 0.6 is 15.9 Å². The van der Waals surface area contributed by atoms with Crippen molar-refractivity contribution < 1.29 is 4.79 Å². The molecule has 1 aliphatic rings. The fraction of sp³-hybridized carbons (Fsp3) is 0.400. The maximum absolute atomic E-state index is 12.5. The molecule has 0 radical (unpaired) electrons. The average Bonchev–Trinajstić information content (AvgIpc) is 2.77. The monoisotopic (exact) mass is 320 g/mol. The quantitative estimate of drug-likeness (QED) is 0.919. The molecule has 0 saturated carbocycles. The van der Waals surface area contributed by atoms with Gasteiger partial charge in [0.05, 0.1) is 0 Å². The lowest BCUT2D eigenvalue weighted by Gasteiger charge is -2.26. The number of nitrogens with one attached hydrogen (secondary N) is 1. The molecule has 1 amide bonds. The molecule has 0 saturated heterocycles. The van der Waals surface area contributed by atoms with Gasteiger partial charge in [0.2, 0.25) is 0 Å². The summed E-state index contributed by atoms with van der Waals surface area (Å²) < 4.78 is 1.06. The lowest BCUT2D eigenvalue weighted by molar-refractivity contribution is 0.0732. The van der Waals surface area contributed by atoms with Crippen molar-refractivity contribution in [2.75, 3.05) is 13.1 Å². The van der Waals surface area contributed by atoms with Crippen molar-refractivity contribution in [2.24, 2.45) is 0 Å². The van der Waals surface area contributed by atoms with Gasteiger partial charge in [-0.1, -0.05) is 29.3 Å². The maximum atomic E-state index is 12.5. The fourth-order valence-corrected chi connectivity index (χ4v) is 3.09. The summed E-state index contributed by atoms with van der Waals surface area (Å²) in [4.78, 5) is 17.7. The Morgan fingerprint density at radius 1 is 1.42 bits per heavy atom. The molecule has 0 unspecified atom stereocenters. The number of rotatable bonds is 3. The van der Waals surface area contributed by atoms with E-state index in [1.54, 1.807) is 0 Å². The zero-order valence-corrected chi connectivity index (χ0v) is 12.6. The van der Waals surface area contributed by atoms with Crippen molar-refractivity contribution in [2.45, 2.75) is 26.2 Å². The van der Waals surface area contributed by atoms with Crippen LogP contribution in [0.5, 0.6) is 0 Å². The van der Waals surface area contributed by atoms with E-state index in [2.05, 4.69) is 33.9 Å². The van der Waals surface area contributed by atoms with Crippen molar-refractivity contribution in [3.63, 3.8) is 0 Å². The first-order valence-electron chi connectivity index (χ1n) is 6.80. The highest BCUT2D eigenvalue weighted by Crippen LogP contribution is 2.29. The summed E-state index contributed by atoms with van der Waals surface area (Å²) in [7, 11) is 0. The number of nitrogens with zero attached hydrogens (tertiary/aromatic N) is 1. The largest absolute Gasteiger partial charge is 0.350 e. The van der Waals surface area contributed by atoms with Crippen LogP contribution in [-0.4, -0.2) is 28.9 Å². The van der Waals surface area contributed by atoms with Crippen LogP contribution in [0.3, 0.4) is 0 Å². The van der Waals surface area contributed by atoms with Crippen LogP contribution in [0.2, 0.25) is 0 Å². The van der Waals surface area contributed by atoms with Crippen LogP contribution in [0.25, 0.3) is 10.9 Å². The Balaban J connectivity index is 2.00. The number of hydrogen-bond acceptors (Lipinski definition) is 1. The molecule has 1 N–H and O–H groups in total. The Hall–Kier alpha value is -1.29. The molecule has 1 aromatic carbocycles. The SMILES string of the molecule is CCCCN1CCc2c([nH]c3ccc(Br)cc23)C1=O. The molecule has 2 aromatic rings. The van der Waals surface area contributed by atoms with Crippen LogP contribution in [0.15, 0.2) is 22.7 Å². The van der Waals surface area contributed by atoms with E-state index in [1.807, 2.05) is 17.0 Å². The summed E-state index contributed by atoms with van der Waals surface area (Å²) in [6.45, 7) is 3.86. The van der Waals surface area contributed by atoms with Crippen LogP contribution in [0.4, 0.5) is 0 Å². The number of carbonyl (C=O) groups is 1. The predicted molar refractivity (Wildman–Crippen MR) is 80.5 cm³/mol. The number of carbonyl (C=O) groups excluding carboxylic acids is 1. The van der Waals surface area contributed by atoms with Crippen molar-refractivity contribution in [1.82, 2.24) is 9.88 Å². The van der Waals surface area contributed by atoms with Crippen molar-refractivity contribution in [3.05, 3.63) is 33.9 Å². The van der Waals surface area contributed by atoms with E-state index in [0.717, 1.165) is 48.0 Å². The lowest BCUT2D eigenvalue weighted by Crippen LogP contribution is -2.38. The number of hydrogen-bond donors (Lipinski definition) is 1. The first kappa shape index (κ1) is 12.7. The van der Waals surface area contributed by atoms with E-state index in [4.69, 9.17) is 0 Å². The second-order valence-corrected chi connectivity index (χ2v) is 5.98. The zero-order chi connectivity index (χ0) is 13.4. The van der Waals surface area contributed by atoms with E-state index < -0.39 is 0 Å². The van der Waals surface area contributed by atoms with E-state index in [9.17, 15) is 4.79 Å². The Bertz CT molecular complexity index is 632. The highest BCUT2D eigenvalue weighted by molar-refractivity contribution is 9.10. The maximum Gasteiger partial charge on any atom is 0.270 e. The Morgan fingerprint density at radius 3 is 3.05 bits per heavy atom. The molecule has 3 nitrogen and oxygen atoms in total. The Kier molecular flexibility index (Phi) is 3.35. The van der Waals surface area contributed by atoms with Crippen LogP contribution in [0.1, 0.15) is 35.8 Å². The van der Waals surface area contributed by atoms with Gasteiger partial charge in [-0.15, -0.1) is 0 Å². The molecule has 0 fully saturated rings. The van der Waals surface area contributed by atoms with Gasteiger partial charge in [-0.3, -0.25) is 4.79 Å². The fourth-order valence-electron chi connectivity index (χ4n) is 2.73. The van der Waals surface area contributed by atoms with Gasteiger partial charge in [-0.05, 0) is 36.6 Å². The van der Waals surface area contributed by atoms with Crippen molar-refractivity contribution in [3.8, 4) is 0 Å². The minimum Gasteiger partial charge on any atom is -0.350 e.